The van der Waals surface area contributed by atoms with Crippen molar-refractivity contribution in [2.75, 3.05) is 17.8 Å². The summed E-state index contributed by atoms with van der Waals surface area (Å²) in [6, 6.07) is 0. The van der Waals surface area contributed by atoms with Crippen molar-refractivity contribution in [3.05, 3.63) is 0 Å². The van der Waals surface area contributed by atoms with E-state index in [9.17, 15) is 8.42 Å². The number of hydrogen-bond acceptors (Lipinski definition) is 3. The minimum Gasteiger partial charge on any atom is -1.00 e. The molecule has 0 saturated heterocycles. The summed E-state index contributed by atoms with van der Waals surface area (Å²) in [5.74, 6) is 0.312. The molecule has 0 unspecified atom stereocenters. The van der Waals surface area contributed by atoms with E-state index in [0.717, 1.165) is 0 Å². The van der Waals surface area contributed by atoms with Crippen LogP contribution in [-0.4, -0.2) is 30.7 Å². The minimum atomic E-state index is -3.71. The van der Waals surface area contributed by atoms with Gasteiger partial charge in [-0.15, -0.1) is 0 Å². The van der Waals surface area contributed by atoms with Crippen LogP contribution < -0.4 is 29.6 Å². The first-order chi connectivity index (χ1) is 3.56. The van der Waals surface area contributed by atoms with Crippen LogP contribution in [0.5, 0.6) is 0 Å². The van der Waals surface area contributed by atoms with E-state index >= 15 is 0 Å². The summed E-state index contributed by atoms with van der Waals surface area (Å²) in [6.45, 7) is 0. The molecule has 0 saturated carbocycles. The van der Waals surface area contributed by atoms with Gasteiger partial charge < -0.3 is 1.43 Å². The molecule has 0 spiro atoms. The van der Waals surface area contributed by atoms with Crippen LogP contribution in [0.3, 0.4) is 0 Å². The van der Waals surface area contributed by atoms with Crippen LogP contribution in [0, 0.1) is 0 Å². The summed E-state index contributed by atoms with van der Waals surface area (Å²) in [7, 11) is -3.71. The third-order valence-electron chi connectivity index (χ3n) is 0.545. The monoisotopic (exact) mass is 180 g/mol. The van der Waals surface area contributed by atoms with Gasteiger partial charge in [-0.1, -0.05) is 0 Å². The molecule has 1 N–H and O–H groups in total. The molecule has 0 rings (SSSR count). The van der Waals surface area contributed by atoms with Crippen LogP contribution in [-0.2, 0) is 10.1 Å². The quantitative estimate of drug-likeness (QED) is 0.381. The Morgan fingerprint density at radius 1 is 1.67 bits per heavy atom. The molecule has 0 atom stereocenters. The first kappa shape index (κ1) is 12.9. The molecular formula is C3H9NaO3S2. The Bertz CT molecular complexity index is 146. The van der Waals surface area contributed by atoms with Gasteiger partial charge in [-0.3, -0.25) is 4.55 Å². The maximum absolute atomic E-state index is 9.93. The summed E-state index contributed by atoms with van der Waals surface area (Å²) in [6.07, 6.45) is 1.78. The molecule has 0 bridgehead atoms. The minimum absolute atomic E-state index is 0. The molecule has 0 radical (unpaired) electrons. The molecule has 0 aliphatic rings. The molecule has 0 amide bonds. The fourth-order valence-electron chi connectivity index (χ4n) is 0.189. The molecular weight excluding hydrogens is 171 g/mol. The third-order valence-corrected chi connectivity index (χ3v) is 2.14. The van der Waals surface area contributed by atoms with E-state index in [1.165, 1.54) is 11.8 Å². The van der Waals surface area contributed by atoms with Gasteiger partial charge >= 0.3 is 29.6 Å². The van der Waals surface area contributed by atoms with Gasteiger partial charge in [0.2, 0.25) is 0 Å². The van der Waals surface area contributed by atoms with E-state index in [-0.39, 0.29) is 36.7 Å². The summed E-state index contributed by atoms with van der Waals surface area (Å²) < 4.78 is 28.0. The zero-order chi connectivity index (χ0) is 6.62. The van der Waals surface area contributed by atoms with Crippen LogP contribution in [0.2, 0.25) is 0 Å². The van der Waals surface area contributed by atoms with Crippen LogP contribution in [0.1, 0.15) is 1.43 Å². The van der Waals surface area contributed by atoms with Crippen LogP contribution in [0.4, 0.5) is 0 Å². The number of hydrogen-bond donors (Lipinski definition) is 1. The van der Waals surface area contributed by atoms with Crippen LogP contribution in [0.15, 0.2) is 0 Å². The van der Waals surface area contributed by atoms with Crippen molar-refractivity contribution >= 4 is 21.9 Å². The van der Waals surface area contributed by atoms with Gasteiger partial charge in [0.25, 0.3) is 10.1 Å². The fourth-order valence-corrected chi connectivity index (χ4v) is 1.70. The van der Waals surface area contributed by atoms with Gasteiger partial charge in [-0.05, 0) is 6.26 Å². The first-order valence-corrected chi connectivity index (χ1v) is 5.00. The molecule has 52 valence electrons. The van der Waals surface area contributed by atoms with Gasteiger partial charge in [0, 0.05) is 5.75 Å². The van der Waals surface area contributed by atoms with E-state index in [4.69, 9.17) is 4.55 Å². The van der Waals surface area contributed by atoms with E-state index < -0.39 is 10.1 Å². The summed E-state index contributed by atoms with van der Waals surface area (Å²) in [4.78, 5) is 0. The summed E-state index contributed by atoms with van der Waals surface area (Å²) in [5.41, 5.74) is 0. The normalized spacial score (nSPS) is 10.4. The van der Waals surface area contributed by atoms with E-state index in [2.05, 4.69) is 0 Å². The smallest absolute Gasteiger partial charge is 1.00 e. The second-order valence-corrected chi connectivity index (χ2v) is 3.84. The number of rotatable bonds is 3. The molecule has 0 aliphatic carbocycles. The van der Waals surface area contributed by atoms with Gasteiger partial charge in [0.15, 0.2) is 0 Å². The maximum Gasteiger partial charge on any atom is 1.00 e. The van der Waals surface area contributed by atoms with Crippen molar-refractivity contribution in [2.24, 2.45) is 0 Å². The maximum atomic E-state index is 9.93. The molecule has 0 aromatic rings. The van der Waals surface area contributed by atoms with Crippen molar-refractivity contribution in [2.45, 2.75) is 0 Å². The Morgan fingerprint density at radius 3 is 2.22 bits per heavy atom. The summed E-state index contributed by atoms with van der Waals surface area (Å²) in [5, 5.41) is 0. The predicted octanol–water partition coefficient (Wildman–Crippen LogP) is -2.65. The fraction of sp³-hybridized carbons (Fsp3) is 1.00. The van der Waals surface area contributed by atoms with Crippen molar-refractivity contribution in [1.82, 2.24) is 0 Å². The second-order valence-electron chi connectivity index (χ2n) is 1.28. The van der Waals surface area contributed by atoms with E-state index in [1.807, 2.05) is 0 Å². The largest absolute Gasteiger partial charge is 1.00 e. The Kier molecular flexibility index (Phi) is 8.60. The Hall–Kier alpha value is 1.26. The Morgan fingerprint density at radius 2 is 2.11 bits per heavy atom. The van der Waals surface area contributed by atoms with Gasteiger partial charge in [-0.25, -0.2) is 0 Å². The summed E-state index contributed by atoms with van der Waals surface area (Å²) >= 11 is 1.39. The van der Waals surface area contributed by atoms with Gasteiger partial charge in [0.1, 0.15) is 0 Å². The molecule has 6 heteroatoms. The van der Waals surface area contributed by atoms with E-state index in [0.29, 0.717) is 5.75 Å². The van der Waals surface area contributed by atoms with Gasteiger partial charge in [-0.2, -0.15) is 20.2 Å². The molecule has 0 heterocycles. The topological polar surface area (TPSA) is 54.4 Å². The Labute approximate surface area is 83.1 Å². The average Bonchev–Trinajstić information content (AvgIpc) is 1.59. The van der Waals surface area contributed by atoms with Crippen LogP contribution >= 0.6 is 11.8 Å². The van der Waals surface area contributed by atoms with Crippen molar-refractivity contribution < 1.29 is 44.0 Å². The zero-order valence-corrected chi connectivity index (χ0v) is 9.13. The van der Waals surface area contributed by atoms with Crippen LogP contribution in [0.25, 0.3) is 0 Å². The molecule has 3 nitrogen and oxygen atoms in total. The molecule has 0 aromatic heterocycles. The number of thioether (sulfide) groups is 1. The molecule has 0 aliphatic heterocycles. The predicted molar refractivity (Wildman–Crippen MR) is 35.9 cm³/mol. The van der Waals surface area contributed by atoms with Crippen molar-refractivity contribution in [3.63, 3.8) is 0 Å². The average molecular weight is 180 g/mol. The zero-order valence-electron chi connectivity index (χ0n) is 6.49. The van der Waals surface area contributed by atoms with Gasteiger partial charge in [0.05, 0.1) is 5.75 Å². The van der Waals surface area contributed by atoms with E-state index in [1.54, 1.807) is 6.26 Å². The molecule has 9 heavy (non-hydrogen) atoms. The third kappa shape index (κ3) is 12.5. The Balaban J connectivity index is -0.000000245. The first-order valence-electron chi connectivity index (χ1n) is 2.00. The van der Waals surface area contributed by atoms with Crippen molar-refractivity contribution in [3.8, 4) is 0 Å². The van der Waals surface area contributed by atoms with Crippen molar-refractivity contribution in [1.29, 1.82) is 0 Å². The SMILES string of the molecule is CSCCS(=O)(=O)O.[H-].[Na+]. The molecule has 0 fully saturated rings. The standard InChI is InChI=1S/C3H8O3S2.Na.H/c1-7-2-3-8(4,5)6;;/h2-3H2,1H3,(H,4,5,6);;/q;+1;-1. The second kappa shape index (κ2) is 6.00. The molecule has 0 aromatic carbocycles.